The van der Waals surface area contributed by atoms with Gasteiger partial charge in [-0.15, -0.1) is 0 Å². The van der Waals surface area contributed by atoms with Gasteiger partial charge in [-0.3, -0.25) is 9.78 Å². The first-order valence-corrected chi connectivity index (χ1v) is 6.62. The van der Waals surface area contributed by atoms with E-state index >= 15 is 0 Å². The van der Waals surface area contributed by atoms with Crippen LogP contribution in [0.25, 0.3) is 10.9 Å². The summed E-state index contributed by atoms with van der Waals surface area (Å²) < 4.78 is 5.12. The highest BCUT2D eigenvalue weighted by atomic mass is 16.5. The van der Waals surface area contributed by atoms with E-state index in [0.717, 1.165) is 11.3 Å². The fraction of sp³-hybridized carbons (Fsp3) is 0.125. The Kier molecular flexibility index (Phi) is 3.55. The normalized spacial score (nSPS) is 10.5. The molecule has 0 unspecified atom stereocenters. The molecule has 5 nitrogen and oxygen atoms in total. The third kappa shape index (κ3) is 2.86. The number of rotatable bonds is 4. The molecular formula is C16H15N3O2. The minimum atomic E-state index is -0.141. The van der Waals surface area contributed by atoms with Crippen LogP contribution in [0.5, 0.6) is 5.75 Å². The molecule has 0 atom stereocenters. The van der Waals surface area contributed by atoms with Crippen LogP contribution in [0.1, 0.15) is 5.56 Å². The number of benzene rings is 2. The summed E-state index contributed by atoms with van der Waals surface area (Å²) in [4.78, 5) is 19.1. The molecule has 0 saturated heterocycles. The van der Waals surface area contributed by atoms with Gasteiger partial charge in [-0.1, -0.05) is 24.3 Å². The third-order valence-corrected chi connectivity index (χ3v) is 3.23. The van der Waals surface area contributed by atoms with Gasteiger partial charge in [-0.25, -0.2) is 4.98 Å². The first-order chi connectivity index (χ1) is 10.3. The molecule has 0 saturated carbocycles. The molecule has 0 aliphatic heterocycles. The fourth-order valence-electron chi connectivity index (χ4n) is 2.10. The number of aromatic nitrogens is 2. The lowest BCUT2D eigenvalue weighted by Gasteiger charge is -2.07. The lowest BCUT2D eigenvalue weighted by molar-refractivity contribution is 0.414. The molecule has 2 N–H and O–H groups in total. The van der Waals surface area contributed by atoms with Gasteiger partial charge in [0, 0.05) is 6.54 Å². The zero-order valence-electron chi connectivity index (χ0n) is 11.6. The number of methoxy groups -OCH3 is 1. The lowest BCUT2D eigenvalue weighted by Crippen LogP contribution is -2.13. The lowest BCUT2D eigenvalue weighted by atomic mass is 10.2. The average molecular weight is 281 g/mol. The smallest absolute Gasteiger partial charge is 0.260 e. The quantitative estimate of drug-likeness (QED) is 0.771. The molecule has 1 aromatic heterocycles. The van der Waals surface area contributed by atoms with Crippen molar-refractivity contribution in [2.45, 2.75) is 6.54 Å². The van der Waals surface area contributed by atoms with Crippen LogP contribution in [-0.4, -0.2) is 17.1 Å². The molecular weight excluding hydrogens is 266 g/mol. The molecule has 106 valence electrons. The number of H-pyrrole nitrogens is 1. The van der Waals surface area contributed by atoms with E-state index in [9.17, 15) is 4.79 Å². The minimum absolute atomic E-state index is 0.141. The predicted molar refractivity (Wildman–Crippen MR) is 82.7 cm³/mol. The summed E-state index contributed by atoms with van der Waals surface area (Å²) in [5.41, 5.74) is 1.61. The van der Waals surface area contributed by atoms with Gasteiger partial charge >= 0.3 is 0 Å². The Balaban J connectivity index is 1.80. The molecule has 2 aromatic carbocycles. The molecule has 5 heteroatoms. The van der Waals surface area contributed by atoms with E-state index in [1.54, 1.807) is 13.2 Å². The van der Waals surface area contributed by atoms with Crippen molar-refractivity contribution in [2.75, 3.05) is 12.4 Å². The zero-order chi connectivity index (χ0) is 14.7. The summed E-state index contributed by atoms with van der Waals surface area (Å²) in [6.07, 6.45) is 0. The zero-order valence-corrected chi connectivity index (χ0v) is 11.6. The van der Waals surface area contributed by atoms with E-state index in [1.807, 2.05) is 42.5 Å². The van der Waals surface area contributed by atoms with Crippen LogP contribution in [0.15, 0.2) is 53.3 Å². The SMILES string of the molecule is COc1ccc(CNc2nc3ccccc3c(=O)[nH]2)cc1. The topological polar surface area (TPSA) is 67.0 Å². The Morgan fingerprint density at radius 3 is 2.67 bits per heavy atom. The van der Waals surface area contributed by atoms with Gasteiger partial charge in [0.05, 0.1) is 18.0 Å². The highest BCUT2D eigenvalue weighted by Gasteiger charge is 2.02. The van der Waals surface area contributed by atoms with Crippen molar-refractivity contribution in [3.63, 3.8) is 0 Å². The highest BCUT2D eigenvalue weighted by molar-refractivity contribution is 5.78. The standard InChI is InChI=1S/C16H15N3O2/c1-21-12-8-6-11(7-9-12)10-17-16-18-14-5-3-2-4-13(14)15(20)19-16/h2-9H,10H2,1H3,(H2,17,18,19,20). The number of fused-ring (bicyclic) bond motifs is 1. The Labute approximate surface area is 121 Å². The monoisotopic (exact) mass is 281 g/mol. The maximum absolute atomic E-state index is 11.9. The number of hydrogen-bond donors (Lipinski definition) is 2. The summed E-state index contributed by atoms with van der Waals surface area (Å²) >= 11 is 0. The Morgan fingerprint density at radius 1 is 1.14 bits per heavy atom. The van der Waals surface area contributed by atoms with Crippen LogP contribution in [0.4, 0.5) is 5.95 Å². The largest absolute Gasteiger partial charge is 0.497 e. The second-order valence-electron chi connectivity index (χ2n) is 4.63. The van der Waals surface area contributed by atoms with Crippen molar-refractivity contribution >= 4 is 16.9 Å². The van der Waals surface area contributed by atoms with E-state index in [1.165, 1.54) is 0 Å². The van der Waals surface area contributed by atoms with Crippen molar-refractivity contribution in [2.24, 2.45) is 0 Å². The van der Waals surface area contributed by atoms with Gasteiger partial charge in [0.25, 0.3) is 5.56 Å². The molecule has 3 aromatic rings. The maximum atomic E-state index is 11.9. The molecule has 1 heterocycles. The number of nitrogens with zero attached hydrogens (tertiary/aromatic N) is 1. The molecule has 0 spiro atoms. The number of ether oxygens (including phenoxy) is 1. The van der Waals surface area contributed by atoms with Gasteiger partial charge < -0.3 is 10.1 Å². The molecule has 0 bridgehead atoms. The minimum Gasteiger partial charge on any atom is -0.497 e. The summed E-state index contributed by atoms with van der Waals surface area (Å²) in [6, 6.07) is 15.0. The van der Waals surface area contributed by atoms with Crippen LogP contribution < -0.4 is 15.6 Å². The second kappa shape index (κ2) is 5.66. The van der Waals surface area contributed by atoms with Gasteiger partial charge in [0.1, 0.15) is 5.75 Å². The number of aromatic amines is 1. The molecule has 0 aliphatic rings. The highest BCUT2D eigenvalue weighted by Crippen LogP contribution is 2.13. The number of para-hydroxylation sites is 1. The summed E-state index contributed by atoms with van der Waals surface area (Å²) in [5, 5.41) is 3.71. The first-order valence-electron chi connectivity index (χ1n) is 6.62. The van der Waals surface area contributed by atoms with Crippen molar-refractivity contribution in [3.8, 4) is 5.75 Å². The molecule has 21 heavy (non-hydrogen) atoms. The van der Waals surface area contributed by atoms with Crippen molar-refractivity contribution in [1.29, 1.82) is 0 Å². The molecule has 0 fully saturated rings. The van der Waals surface area contributed by atoms with E-state index in [2.05, 4.69) is 15.3 Å². The number of anilines is 1. The van der Waals surface area contributed by atoms with Gasteiger partial charge in [-0.05, 0) is 29.8 Å². The Bertz CT molecular complexity index is 810. The molecule has 0 radical (unpaired) electrons. The summed E-state index contributed by atoms with van der Waals surface area (Å²) in [7, 11) is 1.64. The molecule has 0 aliphatic carbocycles. The van der Waals surface area contributed by atoms with Crippen LogP contribution >= 0.6 is 0 Å². The van der Waals surface area contributed by atoms with Crippen molar-refractivity contribution in [1.82, 2.24) is 9.97 Å². The van der Waals surface area contributed by atoms with Gasteiger partial charge in [-0.2, -0.15) is 0 Å². The Hall–Kier alpha value is -2.82. The number of nitrogens with one attached hydrogen (secondary N) is 2. The third-order valence-electron chi connectivity index (χ3n) is 3.23. The van der Waals surface area contributed by atoms with Crippen molar-refractivity contribution < 1.29 is 4.74 Å². The summed E-state index contributed by atoms with van der Waals surface area (Å²) in [6.45, 7) is 0.575. The molecule has 3 rings (SSSR count). The van der Waals surface area contributed by atoms with Gasteiger partial charge in [0.15, 0.2) is 0 Å². The van der Waals surface area contributed by atoms with E-state index in [-0.39, 0.29) is 5.56 Å². The molecule has 0 amide bonds. The van der Waals surface area contributed by atoms with Crippen LogP contribution in [0, 0.1) is 0 Å². The average Bonchev–Trinajstić information content (AvgIpc) is 2.53. The second-order valence-corrected chi connectivity index (χ2v) is 4.63. The van der Waals surface area contributed by atoms with Crippen LogP contribution in [0.3, 0.4) is 0 Å². The van der Waals surface area contributed by atoms with E-state index in [0.29, 0.717) is 23.4 Å². The Morgan fingerprint density at radius 2 is 1.90 bits per heavy atom. The van der Waals surface area contributed by atoms with Crippen molar-refractivity contribution in [3.05, 3.63) is 64.4 Å². The van der Waals surface area contributed by atoms with E-state index in [4.69, 9.17) is 4.74 Å². The summed E-state index contributed by atoms with van der Waals surface area (Å²) in [5.74, 6) is 1.28. The van der Waals surface area contributed by atoms with Crippen LogP contribution in [0.2, 0.25) is 0 Å². The van der Waals surface area contributed by atoms with Gasteiger partial charge in [0.2, 0.25) is 5.95 Å². The predicted octanol–water partition coefficient (Wildman–Crippen LogP) is 2.54. The maximum Gasteiger partial charge on any atom is 0.260 e. The number of hydrogen-bond acceptors (Lipinski definition) is 4. The van der Waals surface area contributed by atoms with Crippen LogP contribution in [-0.2, 0) is 6.54 Å². The fourth-order valence-corrected chi connectivity index (χ4v) is 2.10. The van der Waals surface area contributed by atoms with E-state index < -0.39 is 0 Å². The first kappa shape index (κ1) is 13.2.